The van der Waals surface area contributed by atoms with E-state index >= 15 is 0 Å². The van der Waals surface area contributed by atoms with Gasteiger partial charge < -0.3 is 10.6 Å². The molecule has 2 N–H and O–H groups in total. The zero-order chi connectivity index (χ0) is 17.9. The van der Waals surface area contributed by atoms with Crippen molar-refractivity contribution in [1.29, 1.82) is 0 Å². The standard InChI is InChI=1S/C16H17F3N4OS.ClH/c17-16(18,19)25-14-6-2-1-5-12(14)21-15(24)13-7-9-23(22-13)11-4-3-8-20-10-11;/h1-2,5-7,9,11,20H,3-4,8,10H2,(H,21,24);1H. The first-order chi connectivity index (χ1) is 11.9. The lowest BCUT2D eigenvalue weighted by atomic mass is 10.1. The van der Waals surface area contributed by atoms with Gasteiger partial charge >= 0.3 is 5.51 Å². The molecule has 0 saturated carbocycles. The summed E-state index contributed by atoms with van der Waals surface area (Å²) in [5.41, 5.74) is -4.13. The van der Waals surface area contributed by atoms with Gasteiger partial charge in [0.1, 0.15) is 0 Å². The van der Waals surface area contributed by atoms with Crippen LogP contribution in [-0.4, -0.2) is 34.3 Å². The van der Waals surface area contributed by atoms with Gasteiger partial charge in [-0.1, -0.05) is 12.1 Å². The number of carbonyl (C=O) groups is 1. The van der Waals surface area contributed by atoms with E-state index in [0.717, 1.165) is 25.9 Å². The van der Waals surface area contributed by atoms with E-state index in [1.165, 1.54) is 18.2 Å². The Balaban J connectivity index is 0.00000243. The number of para-hydroxylation sites is 1. The lowest BCUT2D eigenvalue weighted by Gasteiger charge is -2.22. The monoisotopic (exact) mass is 406 g/mol. The fraction of sp³-hybridized carbons (Fsp3) is 0.375. The molecule has 1 atom stereocenters. The van der Waals surface area contributed by atoms with E-state index in [0.29, 0.717) is 0 Å². The van der Waals surface area contributed by atoms with Gasteiger partial charge in [0, 0.05) is 17.6 Å². The second-order valence-corrected chi connectivity index (χ2v) is 6.79. The molecule has 0 spiro atoms. The number of nitrogens with zero attached hydrogens (tertiary/aromatic N) is 2. The highest BCUT2D eigenvalue weighted by molar-refractivity contribution is 8.00. The van der Waals surface area contributed by atoms with Crippen molar-refractivity contribution in [3.63, 3.8) is 0 Å². The molecule has 1 aromatic carbocycles. The molecule has 2 aromatic rings. The second kappa shape index (κ2) is 8.79. The average molecular weight is 407 g/mol. The van der Waals surface area contributed by atoms with Crippen LogP contribution in [0.15, 0.2) is 41.4 Å². The average Bonchev–Trinajstić information content (AvgIpc) is 3.06. The molecule has 1 fully saturated rings. The molecule has 1 unspecified atom stereocenters. The molecular formula is C16H18ClF3N4OS. The quantitative estimate of drug-likeness (QED) is 0.751. The number of halogens is 4. The number of alkyl halides is 3. The summed E-state index contributed by atoms with van der Waals surface area (Å²) in [5.74, 6) is -0.530. The molecule has 5 nitrogen and oxygen atoms in total. The van der Waals surface area contributed by atoms with Crippen molar-refractivity contribution in [2.24, 2.45) is 0 Å². The third kappa shape index (κ3) is 5.39. The Morgan fingerprint density at radius 2 is 2.08 bits per heavy atom. The van der Waals surface area contributed by atoms with Crippen molar-refractivity contribution in [2.75, 3.05) is 18.4 Å². The second-order valence-electron chi connectivity index (χ2n) is 5.68. The van der Waals surface area contributed by atoms with E-state index in [4.69, 9.17) is 0 Å². The van der Waals surface area contributed by atoms with E-state index in [9.17, 15) is 18.0 Å². The number of rotatable bonds is 4. The summed E-state index contributed by atoms with van der Waals surface area (Å²) in [6, 6.07) is 7.58. The van der Waals surface area contributed by atoms with Gasteiger partial charge in [0.15, 0.2) is 5.69 Å². The van der Waals surface area contributed by atoms with Crippen molar-refractivity contribution in [3.05, 3.63) is 42.2 Å². The highest BCUT2D eigenvalue weighted by Gasteiger charge is 2.30. The molecule has 1 saturated heterocycles. The summed E-state index contributed by atoms with van der Waals surface area (Å²) in [7, 11) is 0. The van der Waals surface area contributed by atoms with Gasteiger partial charge in [-0.05, 0) is 49.3 Å². The number of piperidine rings is 1. The first kappa shape index (κ1) is 20.6. The molecule has 10 heteroatoms. The Labute approximate surface area is 159 Å². The molecule has 1 aliphatic rings. The third-order valence-corrected chi connectivity index (χ3v) is 4.65. The summed E-state index contributed by atoms with van der Waals surface area (Å²) in [5, 5.41) is 10.1. The zero-order valence-electron chi connectivity index (χ0n) is 13.6. The molecule has 2 heterocycles. The summed E-state index contributed by atoms with van der Waals surface area (Å²) in [4.78, 5) is 12.3. The first-order valence-corrected chi connectivity index (χ1v) is 8.66. The fourth-order valence-corrected chi connectivity index (χ4v) is 3.32. The molecule has 1 aromatic heterocycles. The van der Waals surface area contributed by atoms with Crippen molar-refractivity contribution < 1.29 is 18.0 Å². The van der Waals surface area contributed by atoms with E-state index in [1.807, 2.05) is 0 Å². The SMILES string of the molecule is Cl.O=C(Nc1ccccc1SC(F)(F)F)c1ccn(C2CCCNC2)n1. The van der Waals surface area contributed by atoms with Crippen LogP contribution in [0.3, 0.4) is 0 Å². The summed E-state index contributed by atoms with van der Waals surface area (Å²) < 4.78 is 39.6. The maximum atomic E-state index is 12.6. The molecule has 1 amide bonds. The normalized spacial score (nSPS) is 17.4. The molecule has 142 valence electrons. The molecule has 0 radical (unpaired) electrons. The van der Waals surface area contributed by atoms with Gasteiger partial charge in [-0.15, -0.1) is 12.4 Å². The highest BCUT2D eigenvalue weighted by atomic mass is 35.5. The van der Waals surface area contributed by atoms with Crippen molar-refractivity contribution in [3.8, 4) is 0 Å². The molecule has 26 heavy (non-hydrogen) atoms. The Morgan fingerprint density at radius 3 is 2.77 bits per heavy atom. The minimum Gasteiger partial charge on any atom is -0.320 e. The number of anilines is 1. The largest absolute Gasteiger partial charge is 0.446 e. The van der Waals surface area contributed by atoms with Gasteiger partial charge in [-0.2, -0.15) is 18.3 Å². The van der Waals surface area contributed by atoms with E-state index in [-0.39, 0.29) is 46.5 Å². The minimum atomic E-state index is -4.42. The van der Waals surface area contributed by atoms with Crippen molar-refractivity contribution in [2.45, 2.75) is 29.3 Å². The van der Waals surface area contributed by atoms with Crippen LogP contribution in [0.2, 0.25) is 0 Å². The number of thioether (sulfide) groups is 1. The lowest BCUT2D eigenvalue weighted by molar-refractivity contribution is -0.0328. The Bertz CT molecular complexity index is 747. The van der Waals surface area contributed by atoms with Crippen molar-refractivity contribution in [1.82, 2.24) is 15.1 Å². The van der Waals surface area contributed by atoms with Crippen LogP contribution in [0, 0.1) is 0 Å². The predicted octanol–water partition coefficient (Wildman–Crippen LogP) is 4.09. The van der Waals surface area contributed by atoms with Crippen LogP contribution in [0.5, 0.6) is 0 Å². The van der Waals surface area contributed by atoms with Crippen molar-refractivity contribution >= 4 is 35.8 Å². The summed E-state index contributed by atoms with van der Waals surface area (Å²) in [6.07, 6.45) is 3.73. The van der Waals surface area contributed by atoms with Crippen LogP contribution >= 0.6 is 24.2 Å². The van der Waals surface area contributed by atoms with Crippen LogP contribution < -0.4 is 10.6 Å². The zero-order valence-corrected chi connectivity index (χ0v) is 15.3. The predicted molar refractivity (Wildman–Crippen MR) is 96.9 cm³/mol. The Kier molecular flexibility index (Phi) is 6.96. The maximum Gasteiger partial charge on any atom is 0.446 e. The molecule has 0 aliphatic carbocycles. The van der Waals surface area contributed by atoms with Gasteiger partial charge in [0.2, 0.25) is 0 Å². The number of amides is 1. The van der Waals surface area contributed by atoms with Crippen LogP contribution in [0.1, 0.15) is 29.4 Å². The fourth-order valence-electron chi connectivity index (χ4n) is 2.69. The lowest BCUT2D eigenvalue weighted by Crippen LogP contribution is -2.32. The van der Waals surface area contributed by atoms with E-state index < -0.39 is 11.4 Å². The molecule has 0 bridgehead atoms. The number of carbonyl (C=O) groups excluding carboxylic acids is 1. The van der Waals surface area contributed by atoms with Crippen LogP contribution in [0.4, 0.5) is 18.9 Å². The van der Waals surface area contributed by atoms with Gasteiger partial charge in [0.25, 0.3) is 5.91 Å². The summed E-state index contributed by atoms with van der Waals surface area (Å²) in [6.45, 7) is 1.76. The van der Waals surface area contributed by atoms with Crippen LogP contribution in [-0.2, 0) is 0 Å². The highest BCUT2D eigenvalue weighted by Crippen LogP contribution is 2.40. The minimum absolute atomic E-state index is 0. The molecule has 1 aliphatic heterocycles. The van der Waals surface area contributed by atoms with Gasteiger partial charge in [0.05, 0.1) is 11.7 Å². The number of hydrogen-bond donors (Lipinski definition) is 2. The molecular weight excluding hydrogens is 389 g/mol. The number of hydrogen-bond acceptors (Lipinski definition) is 4. The smallest absolute Gasteiger partial charge is 0.320 e. The van der Waals surface area contributed by atoms with Crippen LogP contribution in [0.25, 0.3) is 0 Å². The maximum absolute atomic E-state index is 12.6. The number of benzene rings is 1. The number of aromatic nitrogens is 2. The number of nitrogens with one attached hydrogen (secondary N) is 2. The Morgan fingerprint density at radius 1 is 1.31 bits per heavy atom. The Hall–Kier alpha value is -1.71. The molecule has 3 rings (SSSR count). The first-order valence-electron chi connectivity index (χ1n) is 7.84. The third-order valence-electron chi connectivity index (χ3n) is 3.85. The summed E-state index contributed by atoms with van der Waals surface area (Å²) >= 11 is -0.256. The van der Waals surface area contributed by atoms with Gasteiger partial charge in [-0.3, -0.25) is 9.48 Å². The van der Waals surface area contributed by atoms with E-state index in [1.54, 1.807) is 23.0 Å². The van der Waals surface area contributed by atoms with E-state index in [2.05, 4.69) is 15.7 Å². The van der Waals surface area contributed by atoms with Gasteiger partial charge in [-0.25, -0.2) is 0 Å². The topological polar surface area (TPSA) is 59.0 Å².